The van der Waals surface area contributed by atoms with Crippen LogP contribution in [0.5, 0.6) is 0 Å². The van der Waals surface area contributed by atoms with E-state index in [1.54, 1.807) is 0 Å². The fourth-order valence-electron chi connectivity index (χ4n) is 0.451. The fourth-order valence-corrected chi connectivity index (χ4v) is 0.605. The molecule has 0 atom stereocenters. The minimum absolute atomic E-state index is 0.238. The Morgan fingerprint density at radius 1 is 1.55 bits per heavy atom. The summed E-state index contributed by atoms with van der Waals surface area (Å²) in [5.74, 6) is 0.0886. The number of alkyl halides is 1. The van der Waals surface area contributed by atoms with Gasteiger partial charge in [0.15, 0.2) is 0 Å². The third kappa shape index (κ3) is 7.40. The average Bonchev–Trinajstić information content (AvgIpc) is 1.87. The van der Waals surface area contributed by atoms with E-state index in [9.17, 15) is 4.79 Å². The summed E-state index contributed by atoms with van der Waals surface area (Å²) in [4.78, 5) is 10.7. The molecule has 0 bridgehead atoms. The van der Waals surface area contributed by atoms with Crippen molar-refractivity contribution in [3.8, 4) is 0 Å². The standard InChI is InChI=1S/C8H13ClO2/c1-7(2)4-6-11-8(10)3-5-9/h4H,3,5-6H2,1-2H3. The van der Waals surface area contributed by atoms with Crippen LogP contribution in [0.3, 0.4) is 0 Å². The third-order valence-electron chi connectivity index (χ3n) is 1.03. The molecule has 0 spiro atoms. The zero-order valence-corrected chi connectivity index (χ0v) is 7.65. The molecule has 3 heteroatoms. The van der Waals surface area contributed by atoms with E-state index in [-0.39, 0.29) is 12.4 Å². The van der Waals surface area contributed by atoms with Crippen LogP contribution in [0.15, 0.2) is 11.6 Å². The van der Waals surface area contributed by atoms with Crippen molar-refractivity contribution in [1.82, 2.24) is 0 Å². The molecule has 0 unspecified atom stereocenters. The van der Waals surface area contributed by atoms with Gasteiger partial charge in [0.2, 0.25) is 0 Å². The molecule has 0 aliphatic heterocycles. The molecule has 0 N–H and O–H groups in total. The van der Waals surface area contributed by atoms with Gasteiger partial charge >= 0.3 is 5.97 Å². The Labute approximate surface area is 72.2 Å². The number of hydrogen-bond donors (Lipinski definition) is 0. The monoisotopic (exact) mass is 176 g/mol. The molecule has 0 aromatic carbocycles. The molecule has 0 aliphatic carbocycles. The van der Waals surface area contributed by atoms with Crippen molar-refractivity contribution in [2.75, 3.05) is 12.5 Å². The van der Waals surface area contributed by atoms with Gasteiger partial charge in [-0.25, -0.2) is 0 Å². The molecule has 0 radical (unpaired) electrons. The van der Waals surface area contributed by atoms with Crippen molar-refractivity contribution < 1.29 is 9.53 Å². The van der Waals surface area contributed by atoms with Gasteiger partial charge in [0, 0.05) is 5.88 Å². The lowest BCUT2D eigenvalue weighted by Crippen LogP contribution is -2.04. The number of hydrogen-bond acceptors (Lipinski definition) is 2. The molecule has 0 rings (SSSR count). The van der Waals surface area contributed by atoms with E-state index in [4.69, 9.17) is 16.3 Å². The summed E-state index contributed by atoms with van der Waals surface area (Å²) in [5.41, 5.74) is 1.14. The number of rotatable bonds is 4. The smallest absolute Gasteiger partial charge is 0.307 e. The second kappa shape index (κ2) is 6.23. The molecular weight excluding hydrogens is 164 g/mol. The van der Waals surface area contributed by atoms with Crippen molar-refractivity contribution in [1.29, 1.82) is 0 Å². The van der Waals surface area contributed by atoms with Crippen LogP contribution in [0.2, 0.25) is 0 Å². The van der Waals surface area contributed by atoms with Gasteiger partial charge in [0.1, 0.15) is 6.61 Å². The van der Waals surface area contributed by atoms with E-state index < -0.39 is 0 Å². The number of allylic oxidation sites excluding steroid dienone is 1. The summed E-state index contributed by atoms with van der Waals surface area (Å²) in [7, 11) is 0. The number of carbonyl (C=O) groups is 1. The molecule has 0 aliphatic rings. The molecular formula is C8H13ClO2. The second-order valence-corrected chi connectivity index (χ2v) is 2.78. The van der Waals surface area contributed by atoms with Gasteiger partial charge in [-0.1, -0.05) is 5.57 Å². The molecule has 0 fully saturated rings. The van der Waals surface area contributed by atoms with Crippen LogP contribution in [0.25, 0.3) is 0 Å². The molecule has 0 saturated heterocycles. The van der Waals surface area contributed by atoms with Gasteiger partial charge in [-0.2, -0.15) is 0 Å². The van der Waals surface area contributed by atoms with E-state index in [0.717, 1.165) is 5.57 Å². The van der Waals surface area contributed by atoms with Gasteiger partial charge in [-0.15, -0.1) is 11.6 Å². The lowest BCUT2D eigenvalue weighted by atomic mass is 10.3. The van der Waals surface area contributed by atoms with Crippen LogP contribution < -0.4 is 0 Å². The zero-order chi connectivity index (χ0) is 8.69. The highest BCUT2D eigenvalue weighted by Gasteiger charge is 1.97. The van der Waals surface area contributed by atoms with E-state index in [1.807, 2.05) is 19.9 Å². The van der Waals surface area contributed by atoms with Crippen molar-refractivity contribution in [3.63, 3.8) is 0 Å². The first kappa shape index (κ1) is 10.5. The first-order valence-corrected chi connectivity index (χ1v) is 4.05. The maximum atomic E-state index is 10.7. The fraction of sp³-hybridized carbons (Fsp3) is 0.625. The molecule has 0 heterocycles. The van der Waals surface area contributed by atoms with Gasteiger partial charge in [0.25, 0.3) is 0 Å². The van der Waals surface area contributed by atoms with Gasteiger partial charge in [0.05, 0.1) is 6.42 Å². The van der Waals surface area contributed by atoms with Crippen LogP contribution >= 0.6 is 11.6 Å². The third-order valence-corrected chi connectivity index (χ3v) is 1.22. The molecule has 0 aromatic rings. The predicted octanol–water partition coefficient (Wildman–Crippen LogP) is 2.12. The number of halogens is 1. The Kier molecular flexibility index (Phi) is 5.94. The first-order chi connectivity index (χ1) is 5.16. The highest BCUT2D eigenvalue weighted by atomic mass is 35.5. The van der Waals surface area contributed by atoms with E-state index in [0.29, 0.717) is 12.5 Å². The minimum Gasteiger partial charge on any atom is -0.461 e. The molecule has 0 saturated carbocycles. The number of esters is 1. The van der Waals surface area contributed by atoms with Crippen molar-refractivity contribution in [2.24, 2.45) is 0 Å². The summed E-state index contributed by atoms with van der Waals surface area (Å²) in [6, 6.07) is 0. The maximum absolute atomic E-state index is 10.7. The van der Waals surface area contributed by atoms with Gasteiger partial charge in [-0.3, -0.25) is 4.79 Å². The molecule has 0 amide bonds. The van der Waals surface area contributed by atoms with E-state index in [1.165, 1.54) is 0 Å². The number of ether oxygens (including phenoxy) is 1. The van der Waals surface area contributed by atoms with Crippen molar-refractivity contribution >= 4 is 17.6 Å². The Balaban J connectivity index is 3.39. The van der Waals surface area contributed by atoms with E-state index >= 15 is 0 Å². The number of carbonyl (C=O) groups excluding carboxylic acids is 1. The Morgan fingerprint density at radius 2 is 2.18 bits per heavy atom. The molecule has 11 heavy (non-hydrogen) atoms. The van der Waals surface area contributed by atoms with Crippen LogP contribution in [-0.4, -0.2) is 18.5 Å². The normalized spacial score (nSPS) is 9.00. The molecule has 0 aromatic heterocycles. The predicted molar refractivity (Wildman–Crippen MR) is 45.7 cm³/mol. The molecule has 64 valence electrons. The topological polar surface area (TPSA) is 26.3 Å². The van der Waals surface area contributed by atoms with Gasteiger partial charge < -0.3 is 4.74 Å². The highest BCUT2D eigenvalue weighted by molar-refractivity contribution is 6.18. The van der Waals surface area contributed by atoms with Crippen LogP contribution in [0.1, 0.15) is 20.3 Å². The summed E-state index contributed by atoms with van der Waals surface area (Å²) in [5, 5.41) is 0. The maximum Gasteiger partial charge on any atom is 0.307 e. The Morgan fingerprint density at radius 3 is 2.64 bits per heavy atom. The zero-order valence-electron chi connectivity index (χ0n) is 6.89. The second-order valence-electron chi connectivity index (χ2n) is 2.40. The quantitative estimate of drug-likeness (QED) is 0.373. The summed E-state index contributed by atoms with van der Waals surface area (Å²) < 4.78 is 4.79. The van der Waals surface area contributed by atoms with Crippen molar-refractivity contribution in [3.05, 3.63) is 11.6 Å². The first-order valence-electron chi connectivity index (χ1n) is 3.51. The Bertz CT molecular complexity index is 148. The minimum atomic E-state index is -0.238. The van der Waals surface area contributed by atoms with Crippen LogP contribution in [-0.2, 0) is 9.53 Å². The van der Waals surface area contributed by atoms with Crippen LogP contribution in [0, 0.1) is 0 Å². The molecule has 2 nitrogen and oxygen atoms in total. The van der Waals surface area contributed by atoms with Crippen LogP contribution in [0.4, 0.5) is 0 Å². The SMILES string of the molecule is CC(C)=CCOC(=O)CCCl. The largest absolute Gasteiger partial charge is 0.461 e. The summed E-state index contributed by atoms with van der Waals surface area (Å²) in [6.07, 6.45) is 2.14. The van der Waals surface area contributed by atoms with Gasteiger partial charge in [-0.05, 0) is 19.9 Å². The highest BCUT2D eigenvalue weighted by Crippen LogP contribution is 1.92. The van der Waals surface area contributed by atoms with E-state index in [2.05, 4.69) is 0 Å². The summed E-state index contributed by atoms with van der Waals surface area (Å²) >= 11 is 5.32. The lowest BCUT2D eigenvalue weighted by molar-refractivity contribution is -0.141. The summed E-state index contributed by atoms with van der Waals surface area (Å²) in [6.45, 7) is 4.27. The lowest BCUT2D eigenvalue weighted by Gasteiger charge is -1.98. The van der Waals surface area contributed by atoms with Crippen molar-refractivity contribution in [2.45, 2.75) is 20.3 Å². The Hall–Kier alpha value is -0.500. The average molecular weight is 177 g/mol.